The molecule has 1 N–H and O–H groups in total. The van der Waals surface area contributed by atoms with Crippen LogP contribution in [0.3, 0.4) is 0 Å². The third kappa shape index (κ3) is 3.30. The van der Waals surface area contributed by atoms with Crippen LogP contribution in [0.1, 0.15) is 0 Å². The fourth-order valence-electron chi connectivity index (χ4n) is 1.34. The summed E-state index contributed by atoms with van der Waals surface area (Å²) in [6.07, 6.45) is 0. The first-order chi connectivity index (χ1) is 8.79. The highest BCUT2D eigenvalue weighted by molar-refractivity contribution is 9.10. The largest absolute Gasteiger partial charge is 0.497 e. The van der Waals surface area contributed by atoms with Gasteiger partial charge in [0.05, 0.1) is 12.8 Å². The second-order valence-corrected chi connectivity index (χ2v) is 4.35. The second-order valence-electron chi connectivity index (χ2n) is 3.50. The van der Waals surface area contributed by atoms with Crippen molar-refractivity contribution in [2.75, 3.05) is 12.5 Å². The Bertz CT molecular complexity index is 543. The Kier molecular flexibility index (Phi) is 4.30. The SMILES string of the molecule is COc1ccc(N=NNc2ccccc2)c(Br)c1. The fraction of sp³-hybridized carbons (Fsp3) is 0.0769. The molecular weight excluding hydrogens is 294 g/mol. The van der Waals surface area contributed by atoms with Crippen LogP contribution in [0.2, 0.25) is 0 Å². The lowest BCUT2D eigenvalue weighted by Gasteiger charge is -2.02. The van der Waals surface area contributed by atoms with Gasteiger partial charge < -0.3 is 4.74 Å². The van der Waals surface area contributed by atoms with Crippen LogP contribution < -0.4 is 10.2 Å². The van der Waals surface area contributed by atoms with Gasteiger partial charge in [0.15, 0.2) is 0 Å². The van der Waals surface area contributed by atoms with E-state index in [1.54, 1.807) is 7.11 Å². The second kappa shape index (κ2) is 6.16. The van der Waals surface area contributed by atoms with Crippen molar-refractivity contribution in [1.82, 2.24) is 0 Å². The molecule has 92 valence electrons. The number of anilines is 1. The van der Waals surface area contributed by atoms with Gasteiger partial charge in [-0.2, -0.15) is 0 Å². The minimum Gasteiger partial charge on any atom is -0.497 e. The minimum absolute atomic E-state index is 0.735. The molecule has 0 aliphatic rings. The average molecular weight is 306 g/mol. The minimum atomic E-state index is 0.735. The monoisotopic (exact) mass is 305 g/mol. The average Bonchev–Trinajstić information content (AvgIpc) is 2.42. The summed E-state index contributed by atoms with van der Waals surface area (Å²) < 4.78 is 5.94. The van der Waals surface area contributed by atoms with Gasteiger partial charge in [-0.05, 0) is 46.3 Å². The molecular formula is C13H12BrN3O. The molecule has 2 aromatic carbocycles. The molecule has 0 saturated carbocycles. The number of benzene rings is 2. The maximum absolute atomic E-state index is 5.11. The number of halogens is 1. The number of rotatable bonds is 4. The van der Waals surface area contributed by atoms with E-state index in [1.165, 1.54) is 0 Å². The van der Waals surface area contributed by atoms with Crippen molar-refractivity contribution in [3.63, 3.8) is 0 Å². The van der Waals surface area contributed by atoms with Crippen LogP contribution in [0, 0.1) is 0 Å². The number of para-hydroxylation sites is 1. The molecule has 0 amide bonds. The van der Waals surface area contributed by atoms with E-state index >= 15 is 0 Å². The molecule has 18 heavy (non-hydrogen) atoms. The Labute approximate surface area is 114 Å². The first-order valence-electron chi connectivity index (χ1n) is 5.35. The van der Waals surface area contributed by atoms with E-state index in [2.05, 4.69) is 31.7 Å². The lowest BCUT2D eigenvalue weighted by atomic mass is 10.3. The summed E-state index contributed by atoms with van der Waals surface area (Å²) in [6, 6.07) is 15.2. The molecule has 2 rings (SSSR count). The topological polar surface area (TPSA) is 46.0 Å². The number of methoxy groups -OCH3 is 1. The predicted octanol–water partition coefficient (Wildman–Crippen LogP) is 4.57. The first-order valence-corrected chi connectivity index (χ1v) is 6.14. The molecule has 4 nitrogen and oxygen atoms in total. The van der Waals surface area contributed by atoms with Crippen LogP contribution in [0.15, 0.2) is 63.3 Å². The summed E-state index contributed by atoms with van der Waals surface area (Å²) in [7, 11) is 1.62. The Morgan fingerprint density at radius 3 is 2.56 bits per heavy atom. The number of nitrogens with zero attached hydrogens (tertiary/aromatic N) is 2. The van der Waals surface area contributed by atoms with E-state index in [0.717, 1.165) is 21.6 Å². The number of nitrogens with one attached hydrogen (secondary N) is 1. The van der Waals surface area contributed by atoms with Crippen LogP contribution in [-0.4, -0.2) is 7.11 Å². The van der Waals surface area contributed by atoms with Crippen molar-refractivity contribution in [3.05, 3.63) is 53.0 Å². The number of ether oxygens (including phenoxy) is 1. The molecule has 0 fully saturated rings. The molecule has 0 radical (unpaired) electrons. The lowest BCUT2D eigenvalue weighted by molar-refractivity contribution is 0.414. The molecule has 0 spiro atoms. The van der Waals surface area contributed by atoms with Gasteiger partial charge in [0.1, 0.15) is 11.4 Å². The van der Waals surface area contributed by atoms with Crippen LogP contribution >= 0.6 is 15.9 Å². The Morgan fingerprint density at radius 1 is 1.11 bits per heavy atom. The number of hydrogen-bond acceptors (Lipinski definition) is 3. The first kappa shape index (κ1) is 12.6. The molecule has 0 unspecified atom stereocenters. The van der Waals surface area contributed by atoms with Crippen molar-refractivity contribution in [2.45, 2.75) is 0 Å². The maximum atomic E-state index is 5.11. The molecule has 0 heterocycles. The number of hydrogen-bond donors (Lipinski definition) is 1. The zero-order valence-corrected chi connectivity index (χ0v) is 11.4. The summed E-state index contributed by atoms with van der Waals surface area (Å²) in [4.78, 5) is 0. The lowest BCUT2D eigenvalue weighted by Crippen LogP contribution is -1.85. The van der Waals surface area contributed by atoms with Gasteiger partial charge in [0, 0.05) is 4.47 Å². The summed E-state index contributed by atoms with van der Waals surface area (Å²) >= 11 is 3.41. The normalized spacial score (nSPS) is 10.6. The highest BCUT2D eigenvalue weighted by atomic mass is 79.9. The van der Waals surface area contributed by atoms with E-state index in [-0.39, 0.29) is 0 Å². The van der Waals surface area contributed by atoms with Gasteiger partial charge in [-0.1, -0.05) is 23.4 Å². The Hall–Kier alpha value is -1.88. The van der Waals surface area contributed by atoms with Crippen molar-refractivity contribution >= 4 is 27.3 Å². The molecule has 0 aliphatic heterocycles. The zero-order chi connectivity index (χ0) is 12.8. The molecule has 2 aromatic rings. The molecule has 5 heteroatoms. The van der Waals surface area contributed by atoms with E-state index < -0.39 is 0 Å². The summed E-state index contributed by atoms with van der Waals surface area (Å²) in [5, 5.41) is 8.02. The van der Waals surface area contributed by atoms with Gasteiger partial charge in [0.25, 0.3) is 0 Å². The van der Waals surface area contributed by atoms with Gasteiger partial charge in [0.2, 0.25) is 0 Å². The van der Waals surface area contributed by atoms with E-state index in [4.69, 9.17) is 4.74 Å². The van der Waals surface area contributed by atoms with Gasteiger partial charge >= 0.3 is 0 Å². The molecule has 0 aliphatic carbocycles. The van der Waals surface area contributed by atoms with E-state index in [1.807, 2.05) is 48.5 Å². The third-order valence-corrected chi connectivity index (χ3v) is 2.90. The van der Waals surface area contributed by atoms with Crippen molar-refractivity contribution in [1.29, 1.82) is 0 Å². The van der Waals surface area contributed by atoms with Crippen LogP contribution in [0.25, 0.3) is 0 Å². The standard InChI is InChI=1S/C13H12BrN3O/c1-18-11-7-8-13(12(14)9-11)16-17-15-10-5-3-2-4-6-10/h2-9H,1H3,(H,15,16). The van der Waals surface area contributed by atoms with Crippen molar-refractivity contribution < 1.29 is 4.74 Å². The third-order valence-electron chi connectivity index (χ3n) is 2.27. The zero-order valence-electron chi connectivity index (χ0n) is 9.80. The predicted molar refractivity (Wildman–Crippen MR) is 75.3 cm³/mol. The smallest absolute Gasteiger partial charge is 0.120 e. The van der Waals surface area contributed by atoms with Gasteiger partial charge in [-0.15, -0.1) is 5.11 Å². The van der Waals surface area contributed by atoms with Gasteiger partial charge in [-0.25, -0.2) is 0 Å². The summed E-state index contributed by atoms with van der Waals surface area (Å²) in [6.45, 7) is 0. The highest BCUT2D eigenvalue weighted by Gasteiger charge is 2.00. The fourth-order valence-corrected chi connectivity index (χ4v) is 1.78. The highest BCUT2D eigenvalue weighted by Crippen LogP contribution is 2.29. The molecule has 0 atom stereocenters. The van der Waals surface area contributed by atoms with Crippen LogP contribution in [0.5, 0.6) is 5.75 Å². The van der Waals surface area contributed by atoms with E-state index in [0.29, 0.717) is 0 Å². The van der Waals surface area contributed by atoms with E-state index in [9.17, 15) is 0 Å². The maximum Gasteiger partial charge on any atom is 0.120 e. The Morgan fingerprint density at radius 2 is 1.89 bits per heavy atom. The van der Waals surface area contributed by atoms with Crippen molar-refractivity contribution in [3.8, 4) is 5.75 Å². The van der Waals surface area contributed by atoms with Crippen LogP contribution in [-0.2, 0) is 0 Å². The van der Waals surface area contributed by atoms with Crippen LogP contribution in [0.4, 0.5) is 11.4 Å². The van der Waals surface area contributed by atoms with Crippen molar-refractivity contribution in [2.24, 2.45) is 10.3 Å². The summed E-state index contributed by atoms with van der Waals surface area (Å²) in [5.74, 6) is 0.775. The Balaban J connectivity index is 2.05. The summed E-state index contributed by atoms with van der Waals surface area (Å²) in [5.41, 5.74) is 4.48. The molecule has 0 bridgehead atoms. The molecule has 0 saturated heterocycles. The molecule has 0 aromatic heterocycles. The van der Waals surface area contributed by atoms with Gasteiger partial charge in [-0.3, -0.25) is 5.43 Å². The quantitative estimate of drug-likeness (QED) is 0.664.